The number of aromatic nitrogens is 1. The summed E-state index contributed by atoms with van der Waals surface area (Å²) in [5.74, 6) is 0.465. The van der Waals surface area contributed by atoms with Crippen LogP contribution < -0.4 is 0 Å². The van der Waals surface area contributed by atoms with Crippen LogP contribution in [0.2, 0.25) is 0 Å². The minimum absolute atomic E-state index is 0.0870. The van der Waals surface area contributed by atoms with Crippen molar-refractivity contribution in [3.05, 3.63) is 30.1 Å². The zero-order chi connectivity index (χ0) is 12.8. The van der Waals surface area contributed by atoms with Gasteiger partial charge in [0.1, 0.15) is 0 Å². The molecule has 0 radical (unpaired) electrons. The van der Waals surface area contributed by atoms with E-state index in [0.29, 0.717) is 5.92 Å². The maximum Gasteiger partial charge on any atom is 0.0580 e. The minimum atomic E-state index is -0.0870. The second kappa shape index (κ2) is 6.86. The predicted octanol–water partition coefficient (Wildman–Crippen LogP) is 2.11. The van der Waals surface area contributed by atoms with Gasteiger partial charge in [-0.2, -0.15) is 0 Å². The Bertz CT molecular complexity index is 342. The highest BCUT2D eigenvalue weighted by atomic mass is 16.3. The molecular formula is C15H24N2O. The molecule has 3 heteroatoms. The maximum absolute atomic E-state index is 9.96. The fourth-order valence-electron chi connectivity index (χ4n) is 2.74. The first kappa shape index (κ1) is 13.5. The van der Waals surface area contributed by atoms with Crippen LogP contribution in [0, 0.1) is 5.92 Å². The molecule has 1 aliphatic rings. The van der Waals surface area contributed by atoms with E-state index in [1.165, 1.54) is 19.3 Å². The molecule has 1 N–H and O–H groups in total. The van der Waals surface area contributed by atoms with Gasteiger partial charge in [-0.05, 0) is 37.9 Å². The first-order valence-electron chi connectivity index (χ1n) is 7.02. The minimum Gasteiger partial charge on any atom is -0.393 e. The average Bonchev–Trinajstić information content (AvgIpc) is 2.40. The summed E-state index contributed by atoms with van der Waals surface area (Å²) in [6, 6.07) is 6.06. The number of nitrogens with zero attached hydrogens (tertiary/aromatic N) is 2. The molecule has 0 aromatic carbocycles. The molecule has 0 amide bonds. The fraction of sp³-hybridized carbons (Fsp3) is 0.667. The van der Waals surface area contributed by atoms with Gasteiger partial charge in [-0.1, -0.05) is 18.9 Å². The van der Waals surface area contributed by atoms with E-state index in [2.05, 4.69) is 23.0 Å². The van der Waals surface area contributed by atoms with Crippen LogP contribution in [0.4, 0.5) is 0 Å². The molecule has 100 valence electrons. The number of hydrogen-bond donors (Lipinski definition) is 1. The van der Waals surface area contributed by atoms with Crippen LogP contribution in [0.1, 0.15) is 31.4 Å². The van der Waals surface area contributed by atoms with Gasteiger partial charge in [0.05, 0.1) is 6.10 Å². The molecule has 18 heavy (non-hydrogen) atoms. The fourth-order valence-corrected chi connectivity index (χ4v) is 2.74. The van der Waals surface area contributed by atoms with Gasteiger partial charge in [-0.3, -0.25) is 4.98 Å². The number of rotatable bonds is 5. The van der Waals surface area contributed by atoms with Gasteiger partial charge in [0.15, 0.2) is 0 Å². The average molecular weight is 248 g/mol. The van der Waals surface area contributed by atoms with Crippen molar-refractivity contribution in [1.82, 2.24) is 9.88 Å². The lowest BCUT2D eigenvalue weighted by atomic mass is 9.86. The number of aliphatic hydroxyl groups excluding tert-OH is 1. The normalized spacial score (nSPS) is 24.4. The first-order chi connectivity index (χ1) is 8.75. The van der Waals surface area contributed by atoms with E-state index in [0.717, 1.165) is 31.6 Å². The lowest BCUT2D eigenvalue weighted by molar-refractivity contribution is 0.0516. The zero-order valence-corrected chi connectivity index (χ0v) is 11.3. The van der Waals surface area contributed by atoms with Crippen LogP contribution in [-0.4, -0.2) is 41.2 Å². The lowest BCUT2D eigenvalue weighted by Gasteiger charge is -2.31. The topological polar surface area (TPSA) is 36.4 Å². The standard InChI is InChI=1S/C15H24N2O/c1-17(11-9-14-7-4-5-10-16-14)12-13-6-2-3-8-15(13)18/h4-5,7,10,13,15,18H,2-3,6,8-9,11-12H2,1H3. The Morgan fingerprint density at radius 1 is 1.33 bits per heavy atom. The van der Waals surface area contributed by atoms with Crippen molar-refractivity contribution in [2.75, 3.05) is 20.1 Å². The van der Waals surface area contributed by atoms with Crippen LogP contribution in [0.25, 0.3) is 0 Å². The van der Waals surface area contributed by atoms with E-state index >= 15 is 0 Å². The monoisotopic (exact) mass is 248 g/mol. The number of hydrogen-bond acceptors (Lipinski definition) is 3. The zero-order valence-electron chi connectivity index (χ0n) is 11.3. The van der Waals surface area contributed by atoms with Gasteiger partial charge in [0.2, 0.25) is 0 Å². The molecule has 0 aliphatic heterocycles. The Morgan fingerprint density at radius 2 is 2.17 bits per heavy atom. The smallest absolute Gasteiger partial charge is 0.0580 e. The summed E-state index contributed by atoms with van der Waals surface area (Å²) < 4.78 is 0. The molecule has 2 atom stereocenters. The molecule has 2 rings (SSSR count). The van der Waals surface area contributed by atoms with E-state index < -0.39 is 0 Å². The van der Waals surface area contributed by atoms with Crippen molar-refractivity contribution in [3.63, 3.8) is 0 Å². The molecule has 1 heterocycles. The highest BCUT2D eigenvalue weighted by Crippen LogP contribution is 2.24. The Labute approximate surface area is 110 Å². The predicted molar refractivity (Wildman–Crippen MR) is 73.4 cm³/mol. The summed E-state index contributed by atoms with van der Waals surface area (Å²) in [5.41, 5.74) is 1.15. The molecule has 1 aliphatic carbocycles. The van der Waals surface area contributed by atoms with Crippen LogP contribution >= 0.6 is 0 Å². The third-order valence-electron chi connectivity index (χ3n) is 3.89. The summed E-state index contributed by atoms with van der Waals surface area (Å²) in [6.07, 6.45) is 7.37. The Hall–Kier alpha value is -0.930. The molecule has 1 fully saturated rings. The van der Waals surface area contributed by atoms with E-state index in [1.54, 1.807) is 0 Å². The SMILES string of the molecule is CN(CCc1ccccn1)CC1CCCCC1O. The van der Waals surface area contributed by atoms with Gasteiger partial charge >= 0.3 is 0 Å². The van der Waals surface area contributed by atoms with Crippen molar-refractivity contribution in [3.8, 4) is 0 Å². The largest absolute Gasteiger partial charge is 0.393 e. The quantitative estimate of drug-likeness (QED) is 0.867. The highest BCUT2D eigenvalue weighted by molar-refractivity contribution is 5.03. The third-order valence-corrected chi connectivity index (χ3v) is 3.89. The van der Waals surface area contributed by atoms with Crippen molar-refractivity contribution in [2.45, 2.75) is 38.2 Å². The van der Waals surface area contributed by atoms with Crippen LogP contribution in [0.15, 0.2) is 24.4 Å². The molecule has 0 bridgehead atoms. The Balaban J connectivity index is 1.73. The molecule has 1 aromatic rings. The van der Waals surface area contributed by atoms with Crippen LogP contribution in [-0.2, 0) is 6.42 Å². The Kier molecular flexibility index (Phi) is 5.14. The van der Waals surface area contributed by atoms with Crippen LogP contribution in [0.3, 0.4) is 0 Å². The highest BCUT2D eigenvalue weighted by Gasteiger charge is 2.23. The molecular weight excluding hydrogens is 224 g/mol. The summed E-state index contributed by atoms with van der Waals surface area (Å²) in [4.78, 5) is 6.66. The summed E-state index contributed by atoms with van der Waals surface area (Å²) >= 11 is 0. The van der Waals surface area contributed by atoms with Crippen molar-refractivity contribution in [2.24, 2.45) is 5.92 Å². The summed E-state index contributed by atoms with van der Waals surface area (Å²) in [6.45, 7) is 2.02. The molecule has 3 nitrogen and oxygen atoms in total. The van der Waals surface area contributed by atoms with Gasteiger partial charge in [-0.25, -0.2) is 0 Å². The van der Waals surface area contributed by atoms with E-state index in [4.69, 9.17) is 0 Å². The Morgan fingerprint density at radius 3 is 2.89 bits per heavy atom. The summed E-state index contributed by atoms with van der Waals surface area (Å²) in [5, 5.41) is 9.96. The van der Waals surface area contributed by atoms with E-state index in [9.17, 15) is 5.11 Å². The van der Waals surface area contributed by atoms with Crippen molar-refractivity contribution >= 4 is 0 Å². The van der Waals surface area contributed by atoms with Crippen LogP contribution in [0.5, 0.6) is 0 Å². The van der Waals surface area contributed by atoms with Crippen molar-refractivity contribution in [1.29, 1.82) is 0 Å². The second-order valence-electron chi connectivity index (χ2n) is 5.45. The lowest BCUT2D eigenvalue weighted by Crippen LogP contribution is -2.35. The second-order valence-corrected chi connectivity index (χ2v) is 5.45. The molecule has 1 aromatic heterocycles. The number of likely N-dealkylation sites (N-methyl/N-ethyl adjacent to an activating group) is 1. The van der Waals surface area contributed by atoms with Gasteiger partial charge in [0.25, 0.3) is 0 Å². The van der Waals surface area contributed by atoms with Gasteiger partial charge in [0, 0.05) is 31.4 Å². The number of pyridine rings is 1. The third kappa shape index (κ3) is 4.07. The molecule has 0 spiro atoms. The maximum atomic E-state index is 9.96. The van der Waals surface area contributed by atoms with Gasteiger partial charge < -0.3 is 10.0 Å². The van der Waals surface area contributed by atoms with E-state index in [1.807, 2.05) is 18.3 Å². The molecule has 1 saturated carbocycles. The van der Waals surface area contributed by atoms with Gasteiger partial charge in [-0.15, -0.1) is 0 Å². The molecule has 2 unspecified atom stereocenters. The number of aliphatic hydroxyl groups is 1. The van der Waals surface area contributed by atoms with E-state index in [-0.39, 0.29) is 6.10 Å². The summed E-state index contributed by atoms with van der Waals surface area (Å²) in [7, 11) is 2.14. The molecule has 0 saturated heterocycles. The first-order valence-corrected chi connectivity index (χ1v) is 7.02. The van der Waals surface area contributed by atoms with Crippen molar-refractivity contribution < 1.29 is 5.11 Å².